The predicted octanol–water partition coefficient (Wildman–Crippen LogP) is 3.07. The molecule has 1 aromatic rings. The third-order valence-corrected chi connectivity index (χ3v) is 3.04. The third kappa shape index (κ3) is 4.30. The lowest BCUT2D eigenvalue weighted by atomic mass is 10.1. The zero-order chi connectivity index (χ0) is 15.1. The number of hydrogen-bond acceptors (Lipinski definition) is 3. The molecule has 0 fully saturated rings. The fourth-order valence-corrected chi connectivity index (χ4v) is 2.02. The molecule has 0 aliphatic heterocycles. The zero-order valence-electron chi connectivity index (χ0n) is 12.5. The molecule has 0 radical (unpaired) electrons. The van der Waals surface area contributed by atoms with Gasteiger partial charge in [0.25, 0.3) is 0 Å². The first kappa shape index (κ1) is 16.6. The quantitative estimate of drug-likeness (QED) is 0.726. The average Bonchev–Trinajstić information content (AvgIpc) is 2.44. The van der Waals surface area contributed by atoms with Crippen LogP contribution in [0.2, 0.25) is 0 Å². The Kier molecular flexibility index (Phi) is 6.65. The molecule has 112 valence electrons. The number of alkyl halides is 1. The smallest absolute Gasteiger partial charge is 0.240 e. The SMILES string of the molecule is CCCOc1c(CN(C)C(=O)C(C)Cl)cccc1OC. The Bertz CT molecular complexity index is 449. The van der Waals surface area contributed by atoms with Gasteiger partial charge in [0.2, 0.25) is 5.91 Å². The van der Waals surface area contributed by atoms with E-state index >= 15 is 0 Å². The van der Waals surface area contributed by atoms with Crippen molar-refractivity contribution >= 4 is 17.5 Å². The van der Waals surface area contributed by atoms with Crippen molar-refractivity contribution in [3.05, 3.63) is 23.8 Å². The van der Waals surface area contributed by atoms with Gasteiger partial charge in [-0.15, -0.1) is 11.6 Å². The Labute approximate surface area is 125 Å². The lowest BCUT2D eigenvalue weighted by Crippen LogP contribution is -2.31. The first-order valence-corrected chi connectivity index (χ1v) is 7.12. The largest absolute Gasteiger partial charge is 0.493 e. The molecule has 1 aromatic carbocycles. The molecular formula is C15H22ClNO3. The molecule has 20 heavy (non-hydrogen) atoms. The summed E-state index contributed by atoms with van der Waals surface area (Å²) in [4.78, 5) is 13.4. The topological polar surface area (TPSA) is 38.8 Å². The summed E-state index contributed by atoms with van der Waals surface area (Å²) in [5.41, 5.74) is 0.908. The summed E-state index contributed by atoms with van der Waals surface area (Å²) in [6.45, 7) is 4.75. The molecule has 0 saturated heterocycles. The van der Waals surface area contributed by atoms with Crippen LogP contribution in [0, 0.1) is 0 Å². The molecule has 0 saturated carbocycles. The van der Waals surface area contributed by atoms with Crippen LogP contribution in [0.3, 0.4) is 0 Å². The first-order valence-electron chi connectivity index (χ1n) is 6.69. The van der Waals surface area contributed by atoms with Gasteiger partial charge in [-0.05, 0) is 19.4 Å². The normalized spacial score (nSPS) is 11.8. The van der Waals surface area contributed by atoms with E-state index in [1.807, 2.05) is 25.1 Å². The van der Waals surface area contributed by atoms with E-state index in [9.17, 15) is 4.79 Å². The molecular weight excluding hydrogens is 278 g/mol. The van der Waals surface area contributed by atoms with Crippen LogP contribution in [-0.4, -0.2) is 36.9 Å². The van der Waals surface area contributed by atoms with Crippen molar-refractivity contribution in [1.29, 1.82) is 0 Å². The molecule has 1 amide bonds. The van der Waals surface area contributed by atoms with E-state index in [1.54, 1.807) is 26.0 Å². The van der Waals surface area contributed by atoms with Crippen molar-refractivity contribution in [2.45, 2.75) is 32.2 Å². The van der Waals surface area contributed by atoms with Crippen molar-refractivity contribution in [3.63, 3.8) is 0 Å². The predicted molar refractivity (Wildman–Crippen MR) is 80.6 cm³/mol. The fourth-order valence-electron chi connectivity index (χ4n) is 1.85. The summed E-state index contributed by atoms with van der Waals surface area (Å²) in [7, 11) is 3.33. The molecule has 0 N–H and O–H groups in total. The van der Waals surface area contributed by atoms with Gasteiger partial charge in [0.15, 0.2) is 11.5 Å². The number of hydrogen-bond donors (Lipinski definition) is 0. The molecule has 5 heteroatoms. The van der Waals surface area contributed by atoms with E-state index < -0.39 is 5.38 Å². The number of nitrogens with zero attached hydrogens (tertiary/aromatic N) is 1. The number of para-hydroxylation sites is 1. The maximum absolute atomic E-state index is 11.8. The van der Waals surface area contributed by atoms with Crippen molar-refractivity contribution in [1.82, 2.24) is 4.90 Å². The summed E-state index contributed by atoms with van der Waals surface area (Å²) in [5, 5.41) is -0.536. The van der Waals surface area contributed by atoms with E-state index in [1.165, 1.54) is 0 Å². The number of rotatable bonds is 7. The first-order chi connectivity index (χ1) is 9.51. The number of ether oxygens (including phenoxy) is 2. The summed E-state index contributed by atoms with van der Waals surface area (Å²) in [5.74, 6) is 1.25. The van der Waals surface area contributed by atoms with Gasteiger partial charge < -0.3 is 14.4 Å². The van der Waals surface area contributed by atoms with E-state index in [0.29, 0.717) is 24.7 Å². The van der Waals surface area contributed by atoms with Crippen LogP contribution in [0.1, 0.15) is 25.8 Å². The van der Waals surface area contributed by atoms with Crippen LogP contribution in [0.25, 0.3) is 0 Å². The van der Waals surface area contributed by atoms with E-state index in [-0.39, 0.29) is 5.91 Å². The molecule has 0 spiro atoms. The van der Waals surface area contributed by atoms with Gasteiger partial charge in [-0.3, -0.25) is 4.79 Å². The summed E-state index contributed by atoms with van der Waals surface area (Å²) < 4.78 is 11.1. The summed E-state index contributed by atoms with van der Waals surface area (Å²) in [6, 6.07) is 5.66. The highest BCUT2D eigenvalue weighted by Gasteiger charge is 2.18. The molecule has 0 heterocycles. The number of halogens is 1. The van der Waals surface area contributed by atoms with Crippen molar-refractivity contribution < 1.29 is 14.3 Å². The highest BCUT2D eigenvalue weighted by Crippen LogP contribution is 2.32. The van der Waals surface area contributed by atoms with E-state index in [4.69, 9.17) is 21.1 Å². The number of carbonyl (C=O) groups is 1. The fraction of sp³-hybridized carbons (Fsp3) is 0.533. The van der Waals surface area contributed by atoms with Gasteiger partial charge in [-0.25, -0.2) is 0 Å². The Balaban J connectivity index is 2.95. The van der Waals surface area contributed by atoms with Crippen LogP contribution in [0.5, 0.6) is 11.5 Å². The van der Waals surface area contributed by atoms with Gasteiger partial charge in [0.1, 0.15) is 5.38 Å². The third-order valence-electron chi connectivity index (χ3n) is 2.85. The second-order valence-corrected chi connectivity index (χ2v) is 5.26. The van der Waals surface area contributed by atoms with Crippen molar-refractivity contribution in [3.8, 4) is 11.5 Å². The van der Waals surface area contributed by atoms with E-state index in [0.717, 1.165) is 12.0 Å². The molecule has 0 aliphatic rings. The maximum Gasteiger partial charge on any atom is 0.240 e. The Morgan fingerprint density at radius 1 is 1.45 bits per heavy atom. The van der Waals surface area contributed by atoms with Crippen LogP contribution < -0.4 is 9.47 Å². The van der Waals surface area contributed by atoms with E-state index in [2.05, 4.69) is 0 Å². The molecule has 1 unspecified atom stereocenters. The minimum absolute atomic E-state index is 0.115. The van der Waals surface area contributed by atoms with Gasteiger partial charge in [-0.2, -0.15) is 0 Å². The molecule has 0 bridgehead atoms. The minimum atomic E-state index is -0.536. The zero-order valence-corrected chi connectivity index (χ0v) is 13.2. The monoisotopic (exact) mass is 299 g/mol. The van der Waals surface area contributed by atoms with Crippen LogP contribution in [0.15, 0.2) is 18.2 Å². The molecule has 0 aromatic heterocycles. The van der Waals surface area contributed by atoms with Gasteiger partial charge >= 0.3 is 0 Å². The van der Waals surface area contributed by atoms with Gasteiger partial charge in [0.05, 0.1) is 13.7 Å². The average molecular weight is 300 g/mol. The summed E-state index contributed by atoms with van der Waals surface area (Å²) in [6.07, 6.45) is 0.908. The Morgan fingerprint density at radius 2 is 2.15 bits per heavy atom. The van der Waals surface area contributed by atoms with Crippen molar-refractivity contribution in [2.75, 3.05) is 20.8 Å². The lowest BCUT2D eigenvalue weighted by Gasteiger charge is -2.21. The molecule has 0 aliphatic carbocycles. The molecule has 1 rings (SSSR count). The number of carbonyl (C=O) groups excluding carboxylic acids is 1. The highest BCUT2D eigenvalue weighted by atomic mass is 35.5. The van der Waals surface area contributed by atoms with Crippen molar-refractivity contribution in [2.24, 2.45) is 0 Å². The molecule has 4 nitrogen and oxygen atoms in total. The second kappa shape index (κ2) is 8.00. The number of methoxy groups -OCH3 is 1. The van der Waals surface area contributed by atoms with Crippen LogP contribution in [-0.2, 0) is 11.3 Å². The highest BCUT2D eigenvalue weighted by molar-refractivity contribution is 6.30. The Hall–Kier alpha value is -1.42. The van der Waals surface area contributed by atoms with Crippen LogP contribution in [0.4, 0.5) is 0 Å². The Morgan fingerprint density at radius 3 is 2.70 bits per heavy atom. The standard InChI is InChI=1S/C15H22ClNO3/c1-5-9-20-14-12(7-6-8-13(14)19-4)10-17(3)15(18)11(2)16/h6-8,11H,5,9-10H2,1-4H3. The van der Waals surface area contributed by atoms with Gasteiger partial charge in [-0.1, -0.05) is 19.1 Å². The summed E-state index contributed by atoms with van der Waals surface area (Å²) >= 11 is 5.82. The molecule has 1 atom stereocenters. The minimum Gasteiger partial charge on any atom is -0.493 e. The van der Waals surface area contributed by atoms with Gasteiger partial charge in [0, 0.05) is 19.2 Å². The maximum atomic E-state index is 11.8. The number of benzene rings is 1. The lowest BCUT2D eigenvalue weighted by molar-refractivity contribution is -0.129. The second-order valence-electron chi connectivity index (χ2n) is 4.61. The van der Waals surface area contributed by atoms with Crippen LogP contribution >= 0.6 is 11.6 Å². The number of amides is 1.